The Morgan fingerprint density at radius 2 is 2.20 bits per heavy atom. The lowest BCUT2D eigenvalue weighted by Crippen LogP contribution is -2.33. The molecule has 0 saturated carbocycles. The van der Waals surface area contributed by atoms with Crippen LogP contribution in [0, 0.1) is 0 Å². The van der Waals surface area contributed by atoms with Crippen molar-refractivity contribution >= 4 is 29.6 Å². The maximum absolute atomic E-state index is 10.4. The summed E-state index contributed by atoms with van der Waals surface area (Å²) in [5, 5.41) is 0. The highest BCUT2D eigenvalue weighted by Gasteiger charge is 2.13. The van der Waals surface area contributed by atoms with Crippen molar-refractivity contribution in [1.82, 2.24) is 0 Å². The third-order valence-electron chi connectivity index (χ3n) is 0.664. The molecule has 0 aliphatic heterocycles. The Balaban J connectivity index is 3.85. The van der Waals surface area contributed by atoms with Gasteiger partial charge in [0.1, 0.15) is 6.04 Å². The highest BCUT2D eigenvalue weighted by atomic mass is 32.2. The molecular formula is C3H7NO4S2. The summed E-state index contributed by atoms with van der Waals surface area (Å²) in [4.78, 5) is 10.4. The number of rotatable bonds is 3. The lowest BCUT2D eigenvalue weighted by Gasteiger charge is -2.01. The van der Waals surface area contributed by atoms with Crippen LogP contribution in [0.2, 0.25) is 0 Å². The summed E-state index contributed by atoms with van der Waals surface area (Å²) >= 11 is 3.65. The number of hydrogen-bond donors (Lipinski definition) is 3. The van der Waals surface area contributed by atoms with Gasteiger partial charge in [-0.25, -0.2) is 4.79 Å². The zero-order valence-corrected chi connectivity index (χ0v) is 6.68. The van der Waals surface area contributed by atoms with Crippen molar-refractivity contribution in [2.75, 3.05) is 5.75 Å². The molecule has 0 amide bonds. The minimum atomic E-state index is -3.14. The van der Waals surface area contributed by atoms with Crippen LogP contribution < -0.4 is 5.73 Å². The Labute approximate surface area is 65.1 Å². The highest BCUT2D eigenvalue weighted by molar-refractivity contribution is 7.80. The van der Waals surface area contributed by atoms with Crippen LogP contribution in [0.1, 0.15) is 0 Å². The average molecular weight is 185 g/mol. The number of carbonyl (C=O) groups excluding carboxylic acids is 1. The Morgan fingerprint density at radius 1 is 1.70 bits per heavy atom. The van der Waals surface area contributed by atoms with Crippen LogP contribution in [0.25, 0.3) is 0 Å². The van der Waals surface area contributed by atoms with Crippen LogP contribution in [-0.2, 0) is 20.0 Å². The van der Waals surface area contributed by atoms with Gasteiger partial charge in [0.2, 0.25) is 0 Å². The number of nitrogens with two attached hydrogens (primary N) is 1. The first-order valence-corrected chi connectivity index (χ1v) is 4.03. The number of carbonyl (C=O) groups is 1. The van der Waals surface area contributed by atoms with Gasteiger partial charge in [0, 0.05) is 5.75 Å². The second-order valence-electron chi connectivity index (χ2n) is 1.42. The van der Waals surface area contributed by atoms with E-state index in [-0.39, 0.29) is 5.75 Å². The van der Waals surface area contributed by atoms with Gasteiger partial charge in [0.25, 0.3) is 0 Å². The molecule has 0 unspecified atom stereocenters. The van der Waals surface area contributed by atoms with E-state index >= 15 is 0 Å². The van der Waals surface area contributed by atoms with E-state index in [1.165, 1.54) is 0 Å². The van der Waals surface area contributed by atoms with E-state index in [9.17, 15) is 13.2 Å². The Morgan fingerprint density at radius 3 is 2.50 bits per heavy atom. The fraction of sp³-hybridized carbons (Fsp3) is 0.667. The monoisotopic (exact) mass is 185 g/mol. The predicted molar refractivity (Wildman–Crippen MR) is 38.2 cm³/mol. The summed E-state index contributed by atoms with van der Waals surface area (Å²) in [5.74, 6) is -0.923. The van der Waals surface area contributed by atoms with E-state index in [4.69, 9.17) is 5.73 Å². The molecule has 0 aliphatic rings. The molecule has 0 bridgehead atoms. The van der Waals surface area contributed by atoms with Crippen LogP contribution in [0.15, 0.2) is 0 Å². The summed E-state index contributed by atoms with van der Waals surface area (Å²) < 4.78 is 23.2. The lowest BCUT2D eigenvalue weighted by molar-refractivity contribution is -0.134. The van der Waals surface area contributed by atoms with Crippen LogP contribution >= 0.6 is 12.6 Å². The number of thiol groups is 2. The second kappa shape index (κ2) is 4.53. The molecule has 0 aliphatic carbocycles. The summed E-state index contributed by atoms with van der Waals surface area (Å²) in [6.45, 7) is 0. The second-order valence-corrected chi connectivity index (χ2v) is 2.42. The van der Waals surface area contributed by atoms with Gasteiger partial charge in [0.05, 0.1) is 0 Å². The summed E-state index contributed by atoms with van der Waals surface area (Å²) in [6, 6.07) is -0.976. The van der Waals surface area contributed by atoms with Crippen LogP contribution in [0.4, 0.5) is 0 Å². The highest BCUT2D eigenvalue weighted by Crippen LogP contribution is 1.87. The molecule has 5 nitrogen and oxygen atoms in total. The quantitative estimate of drug-likeness (QED) is 0.457. The van der Waals surface area contributed by atoms with Gasteiger partial charge in [-0.1, -0.05) is 0 Å². The van der Waals surface area contributed by atoms with Crippen molar-refractivity contribution in [3.05, 3.63) is 0 Å². The molecular weight excluding hydrogens is 178 g/mol. The molecule has 0 aromatic heterocycles. The molecule has 10 heavy (non-hydrogen) atoms. The lowest BCUT2D eigenvalue weighted by atomic mass is 10.4. The zero-order chi connectivity index (χ0) is 8.15. The molecule has 0 heterocycles. The minimum absolute atomic E-state index is 0.0575. The van der Waals surface area contributed by atoms with Crippen molar-refractivity contribution in [3.63, 3.8) is 0 Å². The Hall–Kier alpha value is -0.270. The normalized spacial score (nSPS) is 13.1. The first-order chi connectivity index (χ1) is 4.57. The fourth-order valence-electron chi connectivity index (χ4n) is 0.216. The van der Waals surface area contributed by atoms with Crippen molar-refractivity contribution < 1.29 is 17.4 Å². The van der Waals surface area contributed by atoms with Gasteiger partial charge in [-0.2, -0.15) is 21.0 Å². The molecule has 0 radical (unpaired) electrons. The van der Waals surface area contributed by atoms with Crippen LogP contribution in [-0.4, -0.2) is 26.2 Å². The summed E-state index contributed by atoms with van der Waals surface area (Å²) in [5.41, 5.74) is 5.05. The molecule has 7 heteroatoms. The standard InChI is InChI=1S/C3H7NO4S2/c4-2(1-9)3(5)8-10(6)7/h2,9-10H,1,4H2/t2-/m0/s1. The van der Waals surface area contributed by atoms with Crippen molar-refractivity contribution in [3.8, 4) is 0 Å². The molecule has 0 aromatic rings. The van der Waals surface area contributed by atoms with Crippen LogP contribution in [0.5, 0.6) is 0 Å². The van der Waals surface area contributed by atoms with Crippen LogP contribution in [0.3, 0.4) is 0 Å². The summed E-state index contributed by atoms with van der Waals surface area (Å²) in [6.07, 6.45) is 0. The Kier molecular flexibility index (Phi) is 4.41. The van der Waals surface area contributed by atoms with Gasteiger partial charge in [-0.05, 0) is 0 Å². The first-order valence-electron chi connectivity index (χ1n) is 2.30. The molecule has 0 aromatic carbocycles. The van der Waals surface area contributed by atoms with E-state index < -0.39 is 23.0 Å². The van der Waals surface area contributed by atoms with Crippen molar-refractivity contribution in [2.24, 2.45) is 5.73 Å². The van der Waals surface area contributed by atoms with Gasteiger partial charge >= 0.3 is 17.0 Å². The van der Waals surface area contributed by atoms with E-state index in [0.717, 1.165) is 0 Å². The molecule has 0 fully saturated rings. The molecule has 0 saturated heterocycles. The Bertz CT molecular complexity index is 181. The largest absolute Gasteiger partial charge is 0.346 e. The third kappa shape index (κ3) is 3.70. The molecule has 2 N–H and O–H groups in total. The van der Waals surface area contributed by atoms with Gasteiger partial charge in [0.15, 0.2) is 0 Å². The van der Waals surface area contributed by atoms with E-state index in [0.29, 0.717) is 0 Å². The average Bonchev–Trinajstić information content (AvgIpc) is 1.85. The third-order valence-corrected chi connectivity index (χ3v) is 1.39. The smallest absolute Gasteiger partial charge is 0.339 e. The minimum Gasteiger partial charge on any atom is -0.346 e. The molecule has 60 valence electrons. The van der Waals surface area contributed by atoms with Gasteiger partial charge in [-0.3, -0.25) is 0 Å². The fourth-order valence-corrected chi connectivity index (χ4v) is 0.647. The van der Waals surface area contributed by atoms with Crippen molar-refractivity contribution in [2.45, 2.75) is 6.04 Å². The molecule has 0 rings (SSSR count). The maximum Gasteiger partial charge on any atom is 0.339 e. The SMILES string of the molecule is N[C@@H](CS)C(=O)O[SH](=O)=O. The predicted octanol–water partition coefficient (Wildman–Crippen LogP) is -1.69. The van der Waals surface area contributed by atoms with Crippen molar-refractivity contribution in [1.29, 1.82) is 0 Å². The van der Waals surface area contributed by atoms with Gasteiger partial charge < -0.3 is 9.92 Å². The van der Waals surface area contributed by atoms with E-state index in [1.807, 2.05) is 0 Å². The van der Waals surface area contributed by atoms with E-state index in [1.54, 1.807) is 0 Å². The van der Waals surface area contributed by atoms with E-state index in [2.05, 4.69) is 16.8 Å². The number of hydrogen-bond acceptors (Lipinski definition) is 6. The topological polar surface area (TPSA) is 86.5 Å². The zero-order valence-electron chi connectivity index (χ0n) is 4.89. The van der Waals surface area contributed by atoms with Gasteiger partial charge in [-0.15, -0.1) is 0 Å². The maximum atomic E-state index is 10.4. The molecule has 0 spiro atoms. The molecule has 1 atom stereocenters. The summed E-state index contributed by atoms with van der Waals surface area (Å²) in [7, 11) is -3.14. The first kappa shape index (κ1) is 9.73.